The molecule has 140 valence electrons. The van der Waals surface area contributed by atoms with Gasteiger partial charge in [-0.1, -0.05) is 23.7 Å². The number of rotatable bonds is 3. The highest BCUT2D eigenvalue weighted by Crippen LogP contribution is 2.23. The van der Waals surface area contributed by atoms with Gasteiger partial charge >= 0.3 is 0 Å². The van der Waals surface area contributed by atoms with E-state index in [2.05, 4.69) is 27.9 Å². The minimum Gasteiger partial charge on any atom is -0.348 e. The van der Waals surface area contributed by atoms with Crippen molar-refractivity contribution in [3.8, 4) is 0 Å². The van der Waals surface area contributed by atoms with Crippen molar-refractivity contribution in [2.45, 2.75) is 32.9 Å². The lowest BCUT2D eigenvalue weighted by atomic mass is 10.0. The summed E-state index contributed by atoms with van der Waals surface area (Å²) in [7, 11) is 0. The van der Waals surface area contributed by atoms with Gasteiger partial charge < -0.3 is 9.88 Å². The first-order valence-electron chi connectivity index (χ1n) is 8.55. The molecule has 0 radical (unpaired) electrons. The van der Waals surface area contributed by atoms with Crippen LogP contribution < -0.4 is 10.7 Å². The van der Waals surface area contributed by atoms with Crippen LogP contribution in [-0.2, 0) is 12.1 Å². The number of fused-ring (bicyclic) bond motifs is 1. The fourth-order valence-electron chi connectivity index (χ4n) is 2.90. The predicted octanol–water partition coefficient (Wildman–Crippen LogP) is 4.94. The molecule has 6 heteroatoms. The summed E-state index contributed by atoms with van der Waals surface area (Å²) in [5.74, 6) is -0.381. The number of halogens is 2. The molecule has 0 aliphatic rings. The highest BCUT2D eigenvalue weighted by atomic mass is 127. The first-order chi connectivity index (χ1) is 12.7. The standard InChI is InChI=1S/C21H20ClIN2O2/c1-21(2,3)25-12-17(19(26)16-10-15(23)8-9-18(16)25)20(27)24-11-13-4-6-14(22)7-5-13/h4-10,12H,11H2,1-3H3,(H,24,27). The maximum Gasteiger partial charge on any atom is 0.257 e. The number of hydrogen-bond donors (Lipinski definition) is 1. The topological polar surface area (TPSA) is 51.1 Å². The predicted molar refractivity (Wildman–Crippen MR) is 119 cm³/mol. The second kappa shape index (κ2) is 7.64. The molecule has 0 aliphatic heterocycles. The van der Waals surface area contributed by atoms with Gasteiger partial charge in [0, 0.05) is 32.3 Å². The van der Waals surface area contributed by atoms with E-state index in [-0.39, 0.29) is 22.4 Å². The molecule has 3 rings (SSSR count). The van der Waals surface area contributed by atoms with Gasteiger partial charge in [-0.2, -0.15) is 0 Å². The van der Waals surface area contributed by atoms with Gasteiger partial charge in [-0.3, -0.25) is 9.59 Å². The van der Waals surface area contributed by atoms with Crippen LogP contribution in [0.3, 0.4) is 0 Å². The molecule has 4 nitrogen and oxygen atoms in total. The van der Waals surface area contributed by atoms with Crippen molar-refractivity contribution in [1.29, 1.82) is 0 Å². The molecular weight excluding hydrogens is 475 g/mol. The van der Waals surface area contributed by atoms with Crippen LogP contribution in [0.25, 0.3) is 10.9 Å². The summed E-state index contributed by atoms with van der Waals surface area (Å²) in [5, 5.41) is 4.03. The molecule has 0 unspecified atom stereocenters. The van der Waals surface area contributed by atoms with Crippen LogP contribution in [0.2, 0.25) is 5.02 Å². The van der Waals surface area contributed by atoms with E-state index in [0.717, 1.165) is 14.7 Å². The van der Waals surface area contributed by atoms with Crippen LogP contribution in [0, 0.1) is 3.57 Å². The molecule has 1 aromatic heterocycles. The number of nitrogens with one attached hydrogen (secondary N) is 1. The van der Waals surface area contributed by atoms with Crippen LogP contribution in [0.5, 0.6) is 0 Å². The molecule has 0 spiro atoms. The SMILES string of the molecule is CC(C)(C)n1cc(C(=O)NCc2ccc(Cl)cc2)c(=O)c2cc(I)ccc21. The maximum absolute atomic E-state index is 13.0. The van der Waals surface area contributed by atoms with Crippen LogP contribution in [0.15, 0.2) is 53.5 Å². The van der Waals surface area contributed by atoms with E-state index in [1.54, 1.807) is 18.3 Å². The minimum atomic E-state index is -0.381. The molecule has 0 fully saturated rings. The van der Waals surface area contributed by atoms with Gasteiger partial charge in [-0.15, -0.1) is 0 Å². The van der Waals surface area contributed by atoms with Crippen LogP contribution in [0.4, 0.5) is 0 Å². The molecule has 1 N–H and O–H groups in total. The fraction of sp³-hybridized carbons (Fsp3) is 0.238. The van der Waals surface area contributed by atoms with E-state index in [1.165, 1.54) is 0 Å². The second-order valence-corrected chi connectivity index (χ2v) is 9.07. The van der Waals surface area contributed by atoms with Crippen molar-refractivity contribution < 1.29 is 4.79 Å². The molecular formula is C21H20ClIN2O2. The third-order valence-corrected chi connectivity index (χ3v) is 5.22. The van der Waals surface area contributed by atoms with Gasteiger partial charge in [-0.25, -0.2) is 0 Å². The van der Waals surface area contributed by atoms with Crippen molar-refractivity contribution in [2.24, 2.45) is 0 Å². The number of aromatic nitrogens is 1. The second-order valence-electron chi connectivity index (χ2n) is 7.38. The van der Waals surface area contributed by atoms with Gasteiger partial charge in [0.05, 0.1) is 5.52 Å². The number of carbonyl (C=O) groups excluding carboxylic acids is 1. The van der Waals surface area contributed by atoms with Gasteiger partial charge in [-0.05, 0) is 79.3 Å². The third-order valence-electron chi connectivity index (χ3n) is 4.30. The van der Waals surface area contributed by atoms with Crippen molar-refractivity contribution in [2.75, 3.05) is 0 Å². The Morgan fingerprint density at radius 2 is 1.81 bits per heavy atom. The zero-order valence-electron chi connectivity index (χ0n) is 15.3. The summed E-state index contributed by atoms with van der Waals surface area (Å²) in [6.45, 7) is 6.47. The van der Waals surface area contributed by atoms with Crippen LogP contribution >= 0.6 is 34.2 Å². The van der Waals surface area contributed by atoms with Crippen molar-refractivity contribution in [3.05, 3.63) is 78.6 Å². The Bertz CT molecular complexity index is 1070. The number of nitrogens with zero attached hydrogens (tertiary/aromatic N) is 1. The molecule has 27 heavy (non-hydrogen) atoms. The first kappa shape index (κ1) is 19.9. The molecule has 3 aromatic rings. The summed E-state index contributed by atoms with van der Waals surface area (Å²) in [6, 6.07) is 13.0. The average Bonchev–Trinajstić information content (AvgIpc) is 2.60. The zero-order valence-corrected chi connectivity index (χ0v) is 18.3. The lowest BCUT2D eigenvalue weighted by Crippen LogP contribution is -2.32. The summed E-state index contributed by atoms with van der Waals surface area (Å²) >= 11 is 8.06. The monoisotopic (exact) mass is 494 g/mol. The minimum absolute atomic E-state index is 0.147. The van der Waals surface area contributed by atoms with Crippen LogP contribution in [-0.4, -0.2) is 10.5 Å². The molecule has 0 aliphatic carbocycles. The normalized spacial score (nSPS) is 11.6. The lowest BCUT2D eigenvalue weighted by Gasteiger charge is -2.26. The third kappa shape index (κ3) is 4.35. The van der Waals surface area contributed by atoms with E-state index in [9.17, 15) is 9.59 Å². The molecule has 2 aromatic carbocycles. The Labute approximate surface area is 176 Å². The summed E-state index contributed by atoms with van der Waals surface area (Å²) in [6.07, 6.45) is 1.66. The quantitative estimate of drug-likeness (QED) is 0.524. The van der Waals surface area contributed by atoms with Gasteiger partial charge in [0.1, 0.15) is 5.56 Å². The van der Waals surface area contributed by atoms with Crippen LogP contribution in [0.1, 0.15) is 36.7 Å². The van der Waals surface area contributed by atoms with E-state index in [4.69, 9.17) is 11.6 Å². The van der Waals surface area contributed by atoms with E-state index >= 15 is 0 Å². The van der Waals surface area contributed by atoms with Crippen molar-refractivity contribution in [3.63, 3.8) is 0 Å². The Kier molecular flexibility index (Phi) is 5.63. The Hall–Kier alpha value is -1.86. The summed E-state index contributed by atoms with van der Waals surface area (Å²) < 4.78 is 2.94. The van der Waals surface area contributed by atoms with E-state index < -0.39 is 0 Å². The van der Waals surface area contributed by atoms with E-state index in [0.29, 0.717) is 17.0 Å². The first-order valence-corrected chi connectivity index (χ1v) is 10.0. The summed E-state index contributed by atoms with van der Waals surface area (Å²) in [5.41, 5.74) is 1.36. The molecule has 0 saturated heterocycles. The molecule has 0 bridgehead atoms. The number of hydrogen-bond acceptors (Lipinski definition) is 2. The van der Waals surface area contributed by atoms with E-state index in [1.807, 2.05) is 55.7 Å². The Morgan fingerprint density at radius 1 is 1.15 bits per heavy atom. The number of pyridine rings is 1. The fourth-order valence-corrected chi connectivity index (χ4v) is 3.52. The Morgan fingerprint density at radius 3 is 2.44 bits per heavy atom. The molecule has 1 amide bonds. The summed E-state index contributed by atoms with van der Waals surface area (Å²) in [4.78, 5) is 25.7. The van der Waals surface area contributed by atoms with Crippen molar-refractivity contribution in [1.82, 2.24) is 9.88 Å². The van der Waals surface area contributed by atoms with Crippen molar-refractivity contribution >= 4 is 51.0 Å². The molecule has 1 heterocycles. The lowest BCUT2D eigenvalue weighted by molar-refractivity contribution is 0.0949. The van der Waals surface area contributed by atoms with Gasteiger partial charge in [0.15, 0.2) is 0 Å². The highest BCUT2D eigenvalue weighted by Gasteiger charge is 2.21. The number of benzene rings is 2. The zero-order chi connectivity index (χ0) is 19.8. The average molecular weight is 495 g/mol. The highest BCUT2D eigenvalue weighted by molar-refractivity contribution is 14.1. The maximum atomic E-state index is 13.0. The van der Waals surface area contributed by atoms with Gasteiger partial charge in [0.2, 0.25) is 5.43 Å². The molecule has 0 saturated carbocycles. The number of carbonyl (C=O) groups is 1. The smallest absolute Gasteiger partial charge is 0.257 e. The molecule has 0 atom stereocenters. The number of amides is 1. The van der Waals surface area contributed by atoms with Gasteiger partial charge in [0.25, 0.3) is 5.91 Å². The Balaban J connectivity index is 2.02. The largest absolute Gasteiger partial charge is 0.348 e.